The number of nitrogens with one attached hydrogen (secondary N) is 1. The average molecular weight is 488 g/mol. The summed E-state index contributed by atoms with van der Waals surface area (Å²) in [4.78, 5) is 21.5. The maximum atomic E-state index is 12.3. The summed E-state index contributed by atoms with van der Waals surface area (Å²) in [5.41, 5.74) is 8.66. The molecule has 174 valence electrons. The fourth-order valence-corrected chi connectivity index (χ4v) is 4.50. The van der Waals surface area contributed by atoms with Gasteiger partial charge in [-0.25, -0.2) is 0 Å². The molecule has 3 N–H and O–H groups in total. The molecule has 2 heterocycles. The van der Waals surface area contributed by atoms with Crippen LogP contribution in [0.1, 0.15) is 24.2 Å². The van der Waals surface area contributed by atoms with E-state index in [4.69, 9.17) is 33.7 Å². The van der Waals surface area contributed by atoms with Crippen molar-refractivity contribution in [1.82, 2.24) is 9.88 Å². The summed E-state index contributed by atoms with van der Waals surface area (Å²) in [7, 11) is 1.65. The molecule has 7 nitrogen and oxygen atoms in total. The Morgan fingerprint density at radius 2 is 1.91 bits per heavy atom. The molecule has 0 saturated carbocycles. The van der Waals surface area contributed by atoms with Crippen molar-refractivity contribution in [2.24, 2.45) is 5.73 Å². The number of piperazine rings is 1. The number of hydrogen-bond acceptors (Lipinski definition) is 6. The highest BCUT2D eigenvalue weighted by molar-refractivity contribution is 6.43. The monoisotopic (exact) mass is 487 g/mol. The van der Waals surface area contributed by atoms with Crippen LogP contribution in [0.2, 0.25) is 10.0 Å². The van der Waals surface area contributed by atoms with Gasteiger partial charge in [-0.15, -0.1) is 0 Å². The number of carbonyl (C=O) groups is 1. The van der Waals surface area contributed by atoms with Gasteiger partial charge in [0, 0.05) is 49.9 Å². The maximum absolute atomic E-state index is 12.3. The number of anilines is 3. The second kappa shape index (κ2) is 9.63. The third-order valence-electron chi connectivity index (χ3n) is 6.03. The summed E-state index contributed by atoms with van der Waals surface area (Å²) in [6.07, 6.45) is 1.46. The minimum atomic E-state index is -0.590. The number of pyridine rings is 1. The SMILES string of the molecule is COc1cc2ncc(C(N)=O)c(Nc3cccc(Cl)c3Cl)c2cc1N1CCN(C(C)C)CC1. The van der Waals surface area contributed by atoms with Crippen LogP contribution in [0, 0.1) is 0 Å². The fraction of sp³-hybridized carbons (Fsp3) is 0.333. The van der Waals surface area contributed by atoms with Crippen LogP contribution in [-0.2, 0) is 0 Å². The van der Waals surface area contributed by atoms with Gasteiger partial charge in [0.1, 0.15) is 5.75 Å². The molecule has 1 fully saturated rings. The molecule has 1 aromatic heterocycles. The quantitative estimate of drug-likeness (QED) is 0.513. The number of methoxy groups -OCH3 is 1. The largest absolute Gasteiger partial charge is 0.495 e. The molecule has 4 rings (SSSR count). The standard InChI is InChI=1S/C24H27Cl2N5O2/c1-14(2)30-7-9-31(10-8-30)20-11-15-19(12-21(20)33-3)28-13-16(24(27)32)23(15)29-18-6-4-5-17(25)22(18)26/h4-6,11-14H,7-10H2,1-3H3,(H2,27,32)(H,28,29). The van der Waals surface area contributed by atoms with Crippen LogP contribution in [0.5, 0.6) is 5.75 Å². The molecule has 1 saturated heterocycles. The van der Waals surface area contributed by atoms with E-state index in [-0.39, 0.29) is 5.56 Å². The Morgan fingerprint density at radius 1 is 1.18 bits per heavy atom. The minimum Gasteiger partial charge on any atom is -0.495 e. The topological polar surface area (TPSA) is 83.7 Å². The Hall–Kier alpha value is -2.74. The van der Waals surface area contributed by atoms with E-state index in [2.05, 4.69) is 33.9 Å². The van der Waals surface area contributed by atoms with E-state index in [1.807, 2.05) is 12.1 Å². The van der Waals surface area contributed by atoms with Crippen molar-refractivity contribution in [3.63, 3.8) is 0 Å². The van der Waals surface area contributed by atoms with E-state index in [9.17, 15) is 4.79 Å². The van der Waals surface area contributed by atoms with Crippen LogP contribution < -0.4 is 20.7 Å². The molecular weight excluding hydrogens is 461 g/mol. The van der Waals surface area contributed by atoms with Gasteiger partial charge < -0.3 is 20.7 Å². The first kappa shape index (κ1) is 23.4. The fourth-order valence-electron chi connectivity index (χ4n) is 4.15. The predicted octanol–water partition coefficient (Wildman–Crippen LogP) is 4.92. The van der Waals surface area contributed by atoms with E-state index in [0.717, 1.165) is 43.0 Å². The van der Waals surface area contributed by atoms with Gasteiger partial charge in [-0.1, -0.05) is 29.3 Å². The summed E-state index contributed by atoms with van der Waals surface area (Å²) in [5, 5.41) is 4.78. The van der Waals surface area contributed by atoms with E-state index < -0.39 is 5.91 Å². The molecule has 0 atom stereocenters. The van der Waals surface area contributed by atoms with E-state index in [1.54, 1.807) is 25.3 Å². The minimum absolute atomic E-state index is 0.263. The van der Waals surface area contributed by atoms with Gasteiger partial charge in [-0.2, -0.15) is 0 Å². The van der Waals surface area contributed by atoms with Gasteiger partial charge in [0.25, 0.3) is 5.91 Å². The van der Waals surface area contributed by atoms with Crippen LogP contribution in [0.4, 0.5) is 17.1 Å². The van der Waals surface area contributed by atoms with Crippen molar-refractivity contribution < 1.29 is 9.53 Å². The van der Waals surface area contributed by atoms with E-state index in [0.29, 0.717) is 33.0 Å². The number of benzene rings is 2. The number of halogens is 2. The van der Waals surface area contributed by atoms with Crippen molar-refractivity contribution in [3.05, 3.63) is 52.1 Å². The maximum Gasteiger partial charge on any atom is 0.252 e. The van der Waals surface area contributed by atoms with Crippen molar-refractivity contribution in [1.29, 1.82) is 0 Å². The van der Waals surface area contributed by atoms with E-state index in [1.165, 1.54) is 6.20 Å². The first-order valence-corrected chi connectivity index (χ1v) is 11.6. The molecular formula is C24H27Cl2N5O2. The van der Waals surface area contributed by atoms with Gasteiger partial charge in [0.15, 0.2) is 0 Å². The zero-order chi connectivity index (χ0) is 23.7. The van der Waals surface area contributed by atoms with Crippen molar-refractivity contribution in [3.8, 4) is 5.75 Å². The molecule has 0 radical (unpaired) electrons. The molecule has 3 aromatic rings. The Bertz CT molecular complexity index is 1190. The smallest absolute Gasteiger partial charge is 0.252 e. The Kier molecular flexibility index (Phi) is 6.83. The lowest BCUT2D eigenvalue weighted by atomic mass is 10.1. The number of primary amides is 1. The second-order valence-corrected chi connectivity index (χ2v) is 9.08. The summed E-state index contributed by atoms with van der Waals surface area (Å²) < 4.78 is 5.71. The summed E-state index contributed by atoms with van der Waals surface area (Å²) in [5.74, 6) is 0.138. The third-order valence-corrected chi connectivity index (χ3v) is 6.85. The lowest BCUT2D eigenvalue weighted by Gasteiger charge is -2.38. The van der Waals surface area contributed by atoms with Gasteiger partial charge in [0.2, 0.25) is 0 Å². The van der Waals surface area contributed by atoms with E-state index >= 15 is 0 Å². The molecule has 0 spiro atoms. The van der Waals surface area contributed by atoms with Crippen LogP contribution in [-0.4, -0.2) is 55.1 Å². The number of rotatable bonds is 6. The molecule has 0 aliphatic carbocycles. The Morgan fingerprint density at radius 3 is 2.55 bits per heavy atom. The summed E-state index contributed by atoms with van der Waals surface area (Å²) >= 11 is 12.6. The molecule has 1 aliphatic rings. The van der Waals surface area contributed by atoms with Crippen molar-refractivity contribution in [2.75, 3.05) is 43.5 Å². The lowest BCUT2D eigenvalue weighted by molar-refractivity contribution is 0.100. The number of amides is 1. The number of ether oxygens (including phenoxy) is 1. The van der Waals surface area contributed by atoms with Crippen molar-refractivity contribution >= 4 is 57.1 Å². The number of nitrogens with two attached hydrogens (primary N) is 1. The highest BCUT2D eigenvalue weighted by atomic mass is 35.5. The highest BCUT2D eigenvalue weighted by Gasteiger charge is 2.23. The molecule has 9 heteroatoms. The van der Waals surface area contributed by atoms with Crippen LogP contribution in [0.25, 0.3) is 10.9 Å². The number of carbonyl (C=O) groups excluding carboxylic acids is 1. The highest BCUT2D eigenvalue weighted by Crippen LogP contribution is 2.40. The van der Waals surface area contributed by atoms with Gasteiger partial charge in [-0.3, -0.25) is 14.7 Å². The lowest BCUT2D eigenvalue weighted by Crippen LogP contribution is -2.49. The van der Waals surface area contributed by atoms with Crippen LogP contribution in [0.15, 0.2) is 36.5 Å². The van der Waals surface area contributed by atoms with Gasteiger partial charge >= 0.3 is 0 Å². The zero-order valence-corrected chi connectivity index (χ0v) is 20.4. The molecule has 0 bridgehead atoms. The second-order valence-electron chi connectivity index (χ2n) is 8.30. The summed E-state index contributed by atoms with van der Waals surface area (Å²) in [6.45, 7) is 8.07. The first-order valence-electron chi connectivity index (χ1n) is 10.8. The van der Waals surface area contributed by atoms with Gasteiger partial charge in [0.05, 0.1) is 45.3 Å². The number of hydrogen-bond donors (Lipinski definition) is 2. The Labute approximate surface area is 203 Å². The average Bonchev–Trinajstić information content (AvgIpc) is 2.81. The van der Waals surface area contributed by atoms with Crippen LogP contribution >= 0.6 is 23.2 Å². The number of aromatic nitrogens is 1. The summed E-state index contributed by atoms with van der Waals surface area (Å²) in [6, 6.07) is 9.67. The van der Waals surface area contributed by atoms with Crippen LogP contribution in [0.3, 0.4) is 0 Å². The molecule has 33 heavy (non-hydrogen) atoms. The molecule has 1 amide bonds. The normalized spacial score (nSPS) is 14.7. The third kappa shape index (κ3) is 4.67. The zero-order valence-electron chi connectivity index (χ0n) is 18.9. The number of fused-ring (bicyclic) bond motifs is 1. The first-order chi connectivity index (χ1) is 15.8. The Balaban J connectivity index is 1.83. The predicted molar refractivity (Wildman–Crippen MR) is 135 cm³/mol. The van der Waals surface area contributed by atoms with Gasteiger partial charge in [-0.05, 0) is 32.0 Å². The molecule has 0 unspecified atom stereocenters. The number of nitrogens with zero attached hydrogens (tertiary/aromatic N) is 3. The molecule has 1 aliphatic heterocycles. The van der Waals surface area contributed by atoms with Crippen molar-refractivity contribution in [2.45, 2.75) is 19.9 Å². The molecule has 2 aromatic carbocycles.